The molecule has 1 rings (SSSR count). The Kier molecular flexibility index (Phi) is 4.42. The summed E-state index contributed by atoms with van der Waals surface area (Å²) in [7, 11) is 0. The Morgan fingerprint density at radius 3 is 2.21 bits per heavy atom. The van der Waals surface area contributed by atoms with Gasteiger partial charge < -0.3 is 0 Å². The smallest absolute Gasteiger partial charge is 0.00524 e. The molecular formula is C13H19I. The second kappa shape index (κ2) is 5.15. The third-order valence-electron chi connectivity index (χ3n) is 2.93. The third kappa shape index (κ3) is 3.26. The molecule has 0 saturated carbocycles. The highest BCUT2D eigenvalue weighted by atomic mass is 127. The first kappa shape index (κ1) is 12.0. The maximum absolute atomic E-state index is 2.50. The molecule has 0 aliphatic rings. The van der Waals surface area contributed by atoms with Gasteiger partial charge in [-0.3, -0.25) is 0 Å². The van der Waals surface area contributed by atoms with Crippen LogP contribution in [0.5, 0.6) is 0 Å². The maximum atomic E-state index is 2.50. The average molecular weight is 302 g/mol. The van der Waals surface area contributed by atoms with Gasteiger partial charge in [0.2, 0.25) is 0 Å². The minimum absolute atomic E-state index is 0.468. The zero-order valence-corrected chi connectivity index (χ0v) is 11.5. The third-order valence-corrected chi connectivity index (χ3v) is 4.77. The SMILES string of the molecule is CCC(C)(CI)Cc1ccc(C)cc1. The summed E-state index contributed by atoms with van der Waals surface area (Å²) in [5.74, 6) is 0. The van der Waals surface area contributed by atoms with E-state index >= 15 is 0 Å². The highest BCUT2D eigenvalue weighted by Gasteiger charge is 2.20. The molecule has 1 atom stereocenters. The lowest BCUT2D eigenvalue weighted by molar-refractivity contribution is 0.365. The molecule has 1 unspecified atom stereocenters. The second-order valence-electron chi connectivity index (χ2n) is 4.46. The van der Waals surface area contributed by atoms with E-state index in [0.717, 1.165) is 0 Å². The average Bonchev–Trinajstić information content (AvgIpc) is 2.21. The molecule has 0 bridgehead atoms. The second-order valence-corrected chi connectivity index (χ2v) is 5.22. The Hall–Kier alpha value is -0.0500. The van der Waals surface area contributed by atoms with E-state index in [-0.39, 0.29) is 0 Å². The first-order valence-electron chi connectivity index (χ1n) is 5.21. The van der Waals surface area contributed by atoms with Crippen LogP contribution in [0.3, 0.4) is 0 Å². The molecule has 0 spiro atoms. The number of alkyl halides is 1. The summed E-state index contributed by atoms with van der Waals surface area (Å²) in [6, 6.07) is 8.93. The molecule has 0 aromatic heterocycles. The Morgan fingerprint density at radius 1 is 1.21 bits per heavy atom. The van der Waals surface area contributed by atoms with Gasteiger partial charge in [-0.15, -0.1) is 0 Å². The van der Waals surface area contributed by atoms with Crippen molar-refractivity contribution in [3.05, 3.63) is 35.4 Å². The Balaban J connectivity index is 2.72. The molecular weight excluding hydrogens is 283 g/mol. The van der Waals surface area contributed by atoms with Crippen LogP contribution >= 0.6 is 22.6 Å². The fraction of sp³-hybridized carbons (Fsp3) is 0.538. The zero-order chi connectivity index (χ0) is 10.6. The van der Waals surface area contributed by atoms with Crippen molar-refractivity contribution in [3.8, 4) is 0 Å². The largest absolute Gasteiger partial charge is 0.0858 e. The molecule has 0 amide bonds. The van der Waals surface area contributed by atoms with Gasteiger partial charge in [-0.1, -0.05) is 66.3 Å². The number of rotatable bonds is 4. The van der Waals surface area contributed by atoms with E-state index < -0.39 is 0 Å². The van der Waals surface area contributed by atoms with Gasteiger partial charge in [0.25, 0.3) is 0 Å². The molecule has 0 aliphatic carbocycles. The molecule has 0 aliphatic heterocycles. The van der Waals surface area contributed by atoms with Crippen molar-refractivity contribution in [1.82, 2.24) is 0 Å². The molecule has 0 fully saturated rings. The van der Waals surface area contributed by atoms with E-state index in [2.05, 4.69) is 67.6 Å². The summed E-state index contributed by atoms with van der Waals surface area (Å²) in [5, 5.41) is 0. The van der Waals surface area contributed by atoms with Crippen molar-refractivity contribution < 1.29 is 0 Å². The van der Waals surface area contributed by atoms with E-state index in [4.69, 9.17) is 0 Å². The van der Waals surface area contributed by atoms with Gasteiger partial charge in [0.05, 0.1) is 0 Å². The quantitative estimate of drug-likeness (QED) is 0.571. The highest BCUT2D eigenvalue weighted by Crippen LogP contribution is 2.28. The van der Waals surface area contributed by atoms with Crippen LogP contribution in [0.1, 0.15) is 31.4 Å². The fourth-order valence-electron chi connectivity index (χ4n) is 1.47. The minimum atomic E-state index is 0.468. The Morgan fingerprint density at radius 2 is 1.79 bits per heavy atom. The van der Waals surface area contributed by atoms with E-state index in [1.807, 2.05) is 0 Å². The van der Waals surface area contributed by atoms with E-state index in [0.29, 0.717) is 5.41 Å². The van der Waals surface area contributed by atoms with E-state index in [1.165, 1.54) is 28.4 Å². The first-order chi connectivity index (χ1) is 6.59. The standard InChI is InChI=1S/C13H19I/c1-4-13(3,10-14)9-12-7-5-11(2)6-8-12/h5-8H,4,9-10H2,1-3H3. The highest BCUT2D eigenvalue weighted by molar-refractivity contribution is 14.1. The number of halogens is 1. The molecule has 0 nitrogen and oxygen atoms in total. The van der Waals surface area contributed by atoms with Crippen molar-refractivity contribution >= 4 is 22.6 Å². The van der Waals surface area contributed by atoms with E-state index in [1.54, 1.807) is 0 Å². The lowest BCUT2D eigenvalue weighted by Crippen LogP contribution is -2.20. The van der Waals surface area contributed by atoms with Crippen LogP contribution < -0.4 is 0 Å². The number of benzene rings is 1. The first-order valence-corrected chi connectivity index (χ1v) is 6.74. The summed E-state index contributed by atoms with van der Waals surface area (Å²) in [5.41, 5.74) is 3.29. The molecule has 14 heavy (non-hydrogen) atoms. The van der Waals surface area contributed by atoms with Crippen molar-refractivity contribution in [2.24, 2.45) is 5.41 Å². The summed E-state index contributed by atoms with van der Waals surface area (Å²) in [4.78, 5) is 0. The van der Waals surface area contributed by atoms with Gasteiger partial charge in [-0.2, -0.15) is 0 Å². The van der Waals surface area contributed by atoms with Crippen molar-refractivity contribution in [2.75, 3.05) is 4.43 Å². The molecule has 1 aromatic carbocycles. The van der Waals surface area contributed by atoms with Crippen molar-refractivity contribution in [1.29, 1.82) is 0 Å². The van der Waals surface area contributed by atoms with Crippen LogP contribution in [0.2, 0.25) is 0 Å². The van der Waals surface area contributed by atoms with Crippen LogP contribution in [0.25, 0.3) is 0 Å². The monoisotopic (exact) mass is 302 g/mol. The number of hydrogen-bond donors (Lipinski definition) is 0. The van der Waals surface area contributed by atoms with Crippen LogP contribution in [0, 0.1) is 12.3 Å². The van der Waals surface area contributed by atoms with Gasteiger partial charge in [0.1, 0.15) is 0 Å². The summed E-state index contributed by atoms with van der Waals surface area (Å²) in [6.07, 6.45) is 2.45. The van der Waals surface area contributed by atoms with Gasteiger partial charge in [0.15, 0.2) is 0 Å². The summed E-state index contributed by atoms with van der Waals surface area (Å²) in [6.45, 7) is 6.80. The van der Waals surface area contributed by atoms with Gasteiger partial charge in [-0.25, -0.2) is 0 Å². The number of hydrogen-bond acceptors (Lipinski definition) is 0. The zero-order valence-electron chi connectivity index (χ0n) is 9.31. The Labute approximate surface area is 101 Å². The predicted molar refractivity (Wildman–Crippen MR) is 72.2 cm³/mol. The van der Waals surface area contributed by atoms with Crippen molar-refractivity contribution in [2.45, 2.75) is 33.6 Å². The number of aryl methyl sites for hydroxylation is 1. The molecule has 1 heteroatoms. The molecule has 0 heterocycles. The van der Waals surface area contributed by atoms with Gasteiger partial charge >= 0.3 is 0 Å². The van der Waals surface area contributed by atoms with Crippen molar-refractivity contribution in [3.63, 3.8) is 0 Å². The minimum Gasteiger partial charge on any atom is -0.0858 e. The maximum Gasteiger partial charge on any atom is 0.00524 e. The molecule has 1 aromatic rings. The normalized spacial score (nSPS) is 15.1. The van der Waals surface area contributed by atoms with Crippen LogP contribution in [-0.4, -0.2) is 4.43 Å². The summed E-state index contributed by atoms with van der Waals surface area (Å²) < 4.78 is 1.23. The molecule has 0 N–H and O–H groups in total. The van der Waals surface area contributed by atoms with E-state index in [9.17, 15) is 0 Å². The molecule has 0 saturated heterocycles. The lowest BCUT2D eigenvalue weighted by Gasteiger charge is -2.25. The van der Waals surface area contributed by atoms with Crippen LogP contribution in [0.4, 0.5) is 0 Å². The fourth-order valence-corrected chi connectivity index (χ4v) is 2.27. The molecule has 0 radical (unpaired) electrons. The lowest BCUT2D eigenvalue weighted by atomic mass is 9.83. The molecule has 78 valence electrons. The topological polar surface area (TPSA) is 0 Å². The van der Waals surface area contributed by atoms with Crippen LogP contribution in [0.15, 0.2) is 24.3 Å². The Bertz CT molecular complexity index is 270. The van der Waals surface area contributed by atoms with Gasteiger partial charge in [-0.05, 0) is 30.7 Å². The van der Waals surface area contributed by atoms with Crippen LogP contribution in [-0.2, 0) is 6.42 Å². The summed E-state index contributed by atoms with van der Waals surface area (Å²) >= 11 is 2.50. The predicted octanol–water partition coefficient (Wildman–Crippen LogP) is 4.39. The van der Waals surface area contributed by atoms with Gasteiger partial charge in [0, 0.05) is 4.43 Å².